The Morgan fingerprint density at radius 3 is 2.39 bits per heavy atom. The monoisotopic (exact) mass is 248 g/mol. The highest BCUT2D eigenvalue weighted by Crippen LogP contribution is 2.09. The van der Waals surface area contributed by atoms with Crippen molar-refractivity contribution in [2.24, 2.45) is 5.84 Å². The maximum atomic E-state index is 11.3. The molecule has 98 valence electrons. The van der Waals surface area contributed by atoms with Crippen molar-refractivity contribution in [1.82, 2.24) is 15.2 Å². The zero-order valence-electron chi connectivity index (χ0n) is 10.7. The number of carbonyl (C=O) groups is 1. The average Bonchev–Trinajstić information content (AvgIpc) is 2.41. The van der Waals surface area contributed by atoms with E-state index in [0.717, 1.165) is 32.7 Å². The van der Waals surface area contributed by atoms with Crippen molar-refractivity contribution in [2.45, 2.75) is 6.54 Å². The molecule has 0 radical (unpaired) electrons. The molecule has 1 saturated heterocycles. The molecule has 2 rings (SSSR count). The van der Waals surface area contributed by atoms with Gasteiger partial charge in [0.2, 0.25) is 0 Å². The third kappa shape index (κ3) is 3.29. The van der Waals surface area contributed by atoms with Crippen LogP contribution in [0.25, 0.3) is 0 Å². The summed E-state index contributed by atoms with van der Waals surface area (Å²) in [6, 6.07) is 7.60. The van der Waals surface area contributed by atoms with Crippen LogP contribution in [0.3, 0.4) is 0 Å². The van der Waals surface area contributed by atoms with Crippen LogP contribution in [0.15, 0.2) is 24.3 Å². The lowest BCUT2D eigenvalue weighted by Crippen LogP contribution is -2.43. The molecule has 3 N–H and O–H groups in total. The van der Waals surface area contributed by atoms with E-state index in [-0.39, 0.29) is 5.91 Å². The average molecular weight is 248 g/mol. The van der Waals surface area contributed by atoms with Gasteiger partial charge >= 0.3 is 0 Å². The van der Waals surface area contributed by atoms with Crippen LogP contribution >= 0.6 is 0 Å². The Kier molecular flexibility index (Phi) is 4.30. The van der Waals surface area contributed by atoms with E-state index < -0.39 is 0 Å². The van der Waals surface area contributed by atoms with Crippen LogP contribution in [0.4, 0.5) is 0 Å². The molecule has 1 aliphatic rings. The number of hydrogen-bond donors (Lipinski definition) is 2. The summed E-state index contributed by atoms with van der Waals surface area (Å²) in [4.78, 5) is 16.1. The first kappa shape index (κ1) is 13.0. The third-order valence-corrected chi connectivity index (χ3v) is 3.35. The molecule has 5 nitrogen and oxygen atoms in total. The van der Waals surface area contributed by atoms with Gasteiger partial charge in [-0.15, -0.1) is 0 Å². The number of nitrogens with zero attached hydrogens (tertiary/aromatic N) is 2. The maximum absolute atomic E-state index is 11.3. The summed E-state index contributed by atoms with van der Waals surface area (Å²) >= 11 is 0. The van der Waals surface area contributed by atoms with Gasteiger partial charge in [0.05, 0.1) is 0 Å². The van der Waals surface area contributed by atoms with Gasteiger partial charge in [-0.25, -0.2) is 5.84 Å². The molecule has 1 fully saturated rings. The molecule has 1 aromatic carbocycles. The fourth-order valence-electron chi connectivity index (χ4n) is 2.11. The Labute approximate surface area is 108 Å². The molecular formula is C13H20N4O. The second-order valence-corrected chi connectivity index (χ2v) is 4.75. The number of nitrogens with one attached hydrogen (secondary N) is 1. The van der Waals surface area contributed by atoms with Gasteiger partial charge in [-0.05, 0) is 24.7 Å². The lowest BCUT2D eigenvalue weighted by atomic mass is 10.1. The summed E-state index contributed by atoms with van der Waals surface area (Å²) in [6.07, 6.45) is 0. The van der Waals surface area contributed by atoms with Gasteiger partial charge < -0.3 is 4.90 Å². The minimum atomic E-state index is -0.249. The van der Waals surface area contributed by atoms with Crippen molar-refractivity contribution in [3.05, 3.63) is 35.4 Å². The van der Waals surface area contributed by atoms with Gasteiger partial charge in [-0.2, -0.15) is 0 Å². The lowest BCUT2D eigenvalue weighted by molar-refractivity contribution is 0.0953. The second kappa shape index (κ2) is 5.95. The number of likely N-dealkylation sites (N-methyl/N-ethyl adjacent to an activating group) is 1. The minimum absolute atomic E-state index is 0.249. The zero-order valence-corrected chi connectivity index (χ0v) is 10.7. The van der Waals surface area contributed by atoms with E-state index in [1.807, 2.05) is 24.3 Å². The Bertz CT molecular complexity index is 396. The van der Waals surface area contributed by atoms with E-state index in [2.05, 4.69) is 22.3 Å². The van der Waals surface area contributed by atoms with Crippen molar-refractivity contribution < 1.29 is 4.79 Å². The molecule has 0 spiro atoms. The Hall–Kier alpha value is -1.43. The number of nitrogen functional groups attached to an aromatic ring is 1. The van der Waals surface area contributed by atoms with Crippen molar-refractivity contribution >= 4 is 5.91 Å². The standard InChI is InChI=1S/C13H20N4O/c1-16-6-8-17(9-7-16)10-11-2-4-12(5-3-11)13(18)15-14/h2-5H,6-10,14H2,1H3,(H,15,18). The molecule has 1 heterocycles. The predicted octanol–water partition coefficient (Wildman–Crippen LogP) is 0.0375. The molecule has 0 unspecified atom stereocenters. The smallest absolute Gasteiger partial charge is 0.265 e. The summed E-state index contributed by atoms with van der Waals surface area (Å²) in [5.74, 6) is 4.84. The molecule has 18 heavy (non-hydrogen) atoms. The zero-order chi connectivity index (χ0) is 13.0. The summed E-state index contributed by atoms with van der Waals surface area (Å²) in [6.45, 7) is 5.38. The lowest BCUT2D eigenvalue weighted by Gasteiger charge is -2.32. The van der Waals surface area contributed by atoms with Crippen LogP contribution in [-0.2, 0) is 6.54 Å². The summed E-state index contributed by atoms with van der Waals surface area (Å²) in [5.41, 5.74) is 3.96. The quantitative estimate of drug-likeness (QED) is 0.450. The SMILES string of the molecule is CN1CCN(Cc2ccc(C(=O)NN)cc2)CC1. The summed E-state index contributed by atoms with van der Waals surface area (Å²) in [5, 5.41) is 0. The van der Waals surface area contributed by atoms with Crippen LogP contribution in [0.2, 0.25) is 0 Å². The van der Waals surface area contributed by atoms with Gasteiger partial charge in [0.25, 0.3) is 5.91 Å². The second-order valence-electron chi connectivity index (χ2n) is 4.75. The molecule has 1 amide bonds. The van der Waals surface area contributed by atoms with Crippen molar-refractivity contribution in [1.29, 1.82) is 0 Å². The van der Waals surface area contributed by atoms with Crippen molar-refractivity contribution in [3.8, 4) is 0 Å². The Morgan fingerprint density at radius 1 is 1.22 bits per heavy atom. The fraction of sp³-hybridized carbons (Fsp3) is 0.462. The van der Waals surface area contributed by atoms with E-state index in [1.54, 1.807) is 0 Å². The first-order chi connectivity index (χ1) is 8.69. The molecular weight excluding hydrogens is 228 g/mol. The molecule has 0 bridgehead atoms. The molecule has 0 aromatic heterocycles. The van der Waals surface area contributed by atoms with E-state index in [4.69, 9.17) is 5.84 Å². The molecule has 0 aliphatic carbocycles. The van der Waals surface area contributed by atoms with E-state index in [9.17, 15) is 4.79 Å². The number of nitrogens with two attached hydrogens (primary N) is 1. The van der Waals surface area contributed by atoms with E-state index >= 15 is 0 Å². The normalized spacial score (nSPS) is 17.7. The number of rotatable bonds is 3. The number of hydrazine groups is 1. The van der Waals surface area contributed by atoms with Crippen LogP contribution < -0.4 is 11.3 Å². The number of benzene rings is 1. The maximum Gasteiger partial charge on any atom is 0.265 e. The van der Waals surface area contributed by atoms with Gasteiger partial charge in [0, 0.05) is 38.3 Å². The topological polar surface area (TPSA) is 61.6 Å². The molecule has 0 atom stereocenters. The van der Waals surface area contributed by atoms with Crippen molar-refractivity contribution in [2.75, 3.05) is 33.2 Å². The number of amides is 1. The van der Waals surface area contributed by atoms with Crippen molar-refractivity contribution in [3.63, 3.8) is 0 Å². The van der Waals surface area contributed by atoms with Crippen LogP contribution in [0.5, 0.6) is 0 Å². The first-order valence-corrected chi connectivity index (χ1v) is 6.20. The third-order valence-electron chi connectivity index (χ3n) is 3.35. The van der Waals surface area contributed by atoms with Gasteiger partial charge in [-0.1, -0.05) is 12.1 Å². The first-order valence-electron chi connectivity index (χ1n) is 6.20. The molecule has 5 heteroatoms. The predicted molar refractivity (Wildman–Crippen MR) is 70.9 cm³/mol. The largest absolute Gasteiger partial charge is 0.304 e. The Morgan fingerprint density at radius 2 is 1.83 bits per heavy atom. The molecule has 1 aliphatic heterocycles. The van der Waals surface area contributed by atoms with Gasteiger partial charge in [-0.3, -0.25) is 15.1 Å². The highest BCUT2D eigenvalue weighted by molar-refractivity contribution is 5.93. The molecule has 0 saturated carbocycles. The fourth-order valence-corrected chi connectivity index (χ4v) is 2.11. The Balaban J connectivity index is 1.92. The summed E-state index contributed by atoms with van der Waals surface area (Å²) in [7, 11) is 2.15. The van der Waals surface area contributed by atoms with Gasteiger partial charge in [0.1, 0.15) is 0 Å². The van der Waals surface area contributed by atoms with Gasteiger partial charge in [0.15, 0.2) is 0 Å². The highest BCUT2D eigenvalue weighted by Gasteiger charge is 2.13. The van der Waals surface area contributed by atoms with Crippen LogP contribution in [-0.4, -0.2) is 48.9 Å². The van der Waals surface area contributed by atoms with Crippen LogP contribution in [0, 0.1) is 0 Å². The van der Waals surface area contributed by atoms with Crippen LogP contribution in [0.1, 0.15) is 15.9 Å². The summed E-state index contributed by atoms with van der Waals surface area (Å²) < 4.78 is 0. The van der Waals surface area contributed by atoms with E-state index in [0.29, 0.717) is 5.56 Å². The number of piperazine rings is 1. The van der Waals surface area contributed by atoms with E-state index in [1.165, 1.54) is 5.56 Å². The number of hydrogen-bond acceptors (Lipinski definition) is 4. The minimum Gasteiger partial charge on any atom is -0.304 e. The number of carbonyl (C=O) groups excluding carboxylic acids is 1. The highest BCUT2D eigenvalue weighted by atomic mass is 16.2. The molecule has 1 aromatic rings.